The van der Waals surface area contributed by atoms with Crippen LogP contribution in [-0.4, -0.2) is 17.1 Å². The molecule has 13 rings (SSSR count). The molecule has 5 heterocycles. The van der Waals surface area contributed by atoms with Crippen molar-refractivity contribution in [2.45, 2.75) is 21.9 Å². The van der Waals surface area contributed by atoms with Crippen LogP contribution >= 0.6 is 43.2 Å². The van der Waals surface area contributed by atoms with Crippen molar-refractivity contribution in [3.63, 3.8) is 0 Å². The zero-order chi connectivity index (χ0) is 39.8. The summed E-state index contributed by atoms with van der Waals surface area (Å²) in [5.41, 5.74) is 11.6. The highest BCUT2D eigenvalue weighted by Gasteiger charge is 2.62. The highest BCUT2D eigenvalue weighted by atomic mass is 79.9. The lowest BCUT2D eigenvalue weighted by Crippen LogP contribution is -2.75. The van der Waals surface area contributed by atoms with Crippen molar-refractivity contribution in [1.82, 2.24) is 0 Å². The first kappa shape index (κ1) is 35.4. The molecule has 0 N–H and O–H groups in total. The summed E-state index contributed by atoms with van der Waals surface area (Å²) in [6.07, 6.45) is 1.73. The van der Waals surface area contributed by atoms with Gasteiger partial charge in [-0.1, -0.05) is 164 Å². The van der Waals surface area contributed by atoms with Crippen LogP contribution in [-0.2, 0) is 4.74 Å². The van der Waals surface area contributed by atoms with E-state index >= 15 is 0 Å². The minimum atomic E-state index is -3.18. The molecule has 10 aromatic rings. The summed E-state index contributed by atoms with van der Waals surface area (Å²) in [6.45, 7) is 0. The second kappa shape index (κ2) is 12.8. The largest absolute Gasteiger partial charge is 0.456 e. The molecule has 1 saturated heterocycles. The summed E-state index contributed by atoms with van der Waals surface area (Å²) in [6, 6.07) is 68.0. The van der Waals surface area contributed by atoms with E-state index < -0.39 is 17.1 Å². The minimum Gasteiger partial charge on any atom is -0.456 e. The molecule has 2 nitrogen and oxygen atoms in total. The molecule has 2 aromatic heterocycles. The second-order valence-corrected chi connectivity index (χ2v) is 23.7. The van der Waals surface area contributed by atoms with Crippen LogP contribution in [0.15, 0.2) is 186 Å². The molecule has 60 heavy (non-hydrogen) atoms. The molecule has 2 atom stereocenters. The second-order valence-electron chi connectivity index (χ2n) is 16.4. The Morgan fingerprint density at radius 3 is 1.68 bits per heavy atom. The Kier molecular flexibility index (Phi) is 7.58. The fourth-order valence-corrected chi connectivity index (χ4v) is 19.3. The number of thiophene rings is 1. The molecule has 8 aromatic carbocycles. The number of benzene rings is 8. The van der Waals surface area contributed by atoms with Gasteiger partial charge < -0.3 is 9.15 Å². The first-order valence-corrected chi connectivity index (χ1v) is 24.9. The van der Waals surface area contributed by atoms with Crippen LogP contribution in [0.5, 0.6) is 0 Å². The molecular formula is C54H34Br2O2SSi. The van der Waals surface area contributed by atoms with Gasteiger partial charge in [-0.3, -0.25) is 0 Å². The van der Waals surface area contributed by atoms with E-state index in [-0.39, 0.29) is 0 Å². The normalized spacial score (nSPS) is 20.2. The maximum absolute atomic E-state index is 7.12. The predicted octanol–water partition coefficient (Wildman–Crippen LogP) is 12.9. The fraction of sp³-hybridized carbons (Fsp3) is 0.0741. The van der Waals surface area contributed by atoms with Crippen LogP contribution in [0.2, 0.25) is 0 Å². The lowest BCUT2D eigenvalue weighted by atomic mass is 9.83. The van der Waals surface area contributed by atoms with Crippen molar-refractivity contribution in [2.75, 3.05) is 0 Å². The number of halogens is 2. The summed E-state index contributed by atoms with van der Waals surface area (Å²) in [5.74, 6) is 0. The van der Waals surface area contributed by atoms with E-state index in [9.17, 15) is 0 Å². The minimum absolute atomic E-state index is 0.636. The van der Waals surface area contributed by atoms with Gasteiger partial charge in [-0.25, -0.2) is 0 Å². The third-order valence-electron chi connectivity index (χ3n) is 13.3. The number of rotatable bonds is 4. The highest BCUT2D eigenvalue weighted by Crippen LogP contribution is 2.66. The first-order chi connectivity index (χ1) is 29.4. The van der Waals surface area contributed by atoms with Crippen LogP contribution < -0.4 is 20.7 Å². The van der Waals surface area contributed by atoms with Gasteiger partial charge >= 0.3 is 0 Å². The molecule has 0 amide bonds. The van der Waals surface area contributed by atoms with Gasteiger partial charge in [-0.15, -0.1) is 11.3 Å². The average molecular weight is 935 g/mol. The monoisotopic (exact) mass is 932 g/mol. The molecule has 286 valence electrons. The van der Waals surface area contributed by atoms with Crippen molar-refractivity contribution < 1.29 is 9.15 Å². The standard InChI is InChI=1S/C54H34Br2O2SSi/c55-53-29-30-54(56,58-53)51-43-28-26-34(38-20-11-21-40-39-17-8-10-24-46(39)59-52(38)40)32-48(43)60(35-13-3-1-4-14-35,36-15-5-2-6-16-36)47-31-33(25-27-42(47)50(51)53)37-19-12-23-45-49(37)41-18-7-9-22-44(41)57-45/h1-28,31-32H,29-30H2. The van der Waals surface area contributed by atoms with Gasteiger partial charge in [0.2, 0.25) is 0 Å². The Balaban J connectivity index is 1.20. The van der Waals surface area contributed by atoms with E-state index in [2.05, 4.69) is 214 Å². The molecule has 0 radical (unpaired) electrons. The van der Waals surface area contributed by atoms with Gasteiger partial charge in [0, 0.05) is 42.1 Å². The number of ether oxygens (including phenoxy) is 1. The van der Waals surface area contributed by atoms with E-state index in [4.69, 9.17) is 9.15 Å². The fourth-order valence-electron chi connectivity index (χ4n) is 10.9. The first-order valence-electron chi connectivity index (χ1n) is 20.5. The molecule has 1 fully saturated rings. The molecule has 3 aliphatic rings. The third kappa shape index (κ3) is 4.77. The Hall–Kier alpha value is -5.34. The van der Waals surface area contributed by atoms with Gasteiger partial charge in [0.25, 0.3) is 0 Å². The quantitative estimate of drug-likeness (QED) is 0.130. The van der Waals surface area contributed by atoms with Gasteiger partial charge in [-0.2, -0.15) is 0 Å². The van der Waals surface area contributed by atoms with Crippen LogP contribution in [0.4, 0.5) is 0 Å². The van der Waals surface area contributed by atoms with Gasteiger partial charge in [0.15, 0.2) is 17.1 Å². The highest BCUT2D eigenvalue weighted by molar-refractivity contribution is 9.10. The molecular weight excluding hydrogens is 901 g/mol. The van der Waals surface area contributed by atoms with Crippen LogP contribution in [0.1, 0.15) is 24.0 Å². The zero-order valence-electron chi connectivity index (χ0n) is 32.2. The van der Waals surface area contributed by atoms with Crippen molar-refractivity contribution in [1.29, 1.82) is 0 Å². The van der Waals surface area contributed by atoms with Gasteiger partial charge in [-0.05, 0) is 117 Å². The van der Waals surface area contributed by atoms with Crippen LogP contribution in [0.25, 0.3) is 75.5 Å². The lowest BCUT2D eigenvalue weighted by molar-refractivity contribution is 0.0930. The Morgan fingerprint density at radius 2 is 1.00 bits per heavy atom. The maximum Gasteiger partial charge on any atom is 0.180 e. The van der Waals surface area contributed by atoms with Crippen molar-refractivity contribution in [3.8, 4) is 22.3 Å². The topological polar surface area (TPSA) is 22.4 Å². The van der Waals surface area contributed by atoms with E-state index in [0.29, 0.717) is 0 Å². The number of hydrogen-bond donors (Lipinski definition) is 0. The summed E-state index contributed by atoms with van der Waals surface area (Å²) < 4.78 is 14.9. The summed E-state index contributed by atoms with van der Waals surface area (Å²) in [7, 11) is -3.18. The summed E-state index contributed by atoms with van der Waals surface area (Å²) in [4.78, 5) is 0. The SMILES string of the molecule is BrC12CCC(Br)(O1)C1=C2c2ccc(-c3cccc4c3sc3ccccc34)cc2[Si](c2ccccc2)(c2ccccc2)c2cc(-c3cccc4oc5ccccc5c34)ccc21. The Morgan fingerprint density at radius 1 is 0.467 bits per heavy atom. The van der Waals surface area contributed by atoms with Crippen LogP contribution in [0.3, 0.4) is 0 Å². The number of para-hydroxylation sites is 1. The van der Waals surface area contributed by atoms with E-state index in [1.165, 1.54) is 85.4 Å². The molecule has 0 saturated carbocycles. The summed E-state index contributed by atoms with van der Waals surface area (Å²) >= 11 is 10.4. The molecule has 6 heteroatoms. The zero-order valence-corrected chi connectivity index (χ0v) is 37.2. The van der Waals surface area contributed by atoms with Gasteiger partial charge in [0.05, 0.1) is 0 Å². The van der Waals surface area contributed by atoms with E-state index in [1.807, 2.05) is 11.3 Å². The average Bonchev–Trinajstić information content (AvgIpc) is 4.00. The molecule has 2 unspecified atom stereocenters. The van der Waals surface area contributed by atoms with Crippen molar-refractivity contribution in [2.24, 2.45) is 0 Å². The summed E-state index contributed by atoms with van der Waals surface area (Å²) in [5, 5.41) is 10.3. The van der Waals surface area contributed by atoms with Crippen molar-refractivity contribution in [3.05, 3.63) is 193 Å². The van der Waals surface area contributed by atoms with E-state index in [0.717, 1.165) is 34.8 Å². The molecule has 0 aliphatic carbocycles. The maximum atomic E-state index is 7.12. The molecule has 2 bridgehead atoms. The molecule has 3 aliphatic heterocycles. The lowest BCUT2D eigenvalue weighted by Gasteiger charge is -2.37. The number of alkyl halides is 2. The van der Waals surface area contributed by atoms with E-state index in [1.54, 1.807) is 0 Å². The smallest absolute Gasteiger partial charge is 0.180 e. The Labute approximate surface area is 369 Å². The van der Waals surface area contributed by atoms with Crippen molar-refractivity contribution >= 4 is 125 Å². The Bertz CT molecular complexity index is 3420. The number of fused-ring (bicyclic) bond motifs is 14. The number of hydrogen-bond acceptors (Lipinski definition) is 3. The van der Waals surface area contributed by atoms with Gasteiger partial charge in [0.1, 0.15) is 11.2 Å². The molecule has 0 spiro atoms. The number of furan rings is 1. The predicted molar refractivity (Wildman–Crippen MR) is 262 cm³/mol. The van der Waals surface area contributed by atoms with Crippen LogP contribution in [0, 0.1) is 0 Å². The third-order valence-corrected chi connectivity index (χ3v) is 21.3.